The van der Waals surface area contributed by atoms with E-state index in [-0.39, 0.29) is 0 Å². The third kappa shape index (κ3) is 1.99. The minimum Gasteiger partial charge on any atom is -0.478 e. The van der Waals surface area contributed by atoms with Crippen LogP contribution in [0.15, 0.2) is 18.3 Å². The van der Waals surface area contributed by atoms with E-state index in [1.54, 1.807) is 6.07 Å². The molecule has 2 aromatic rings. The van der Waals surface area contributed by atoms with Crippen LogP contribution >= 0.6 is 0 Å². The molecule has 0 aliphatic heterocycles. The molecule has 0 saturated carbocycles. The van der Waals surface area contributed by atoms with E-state index in [1.807, 2.05) is 24.7 Å². The van der Waals surface area contributed by atoms with Crippen LogP contribution in [0.1, 0.15) is 28.4 Å². The zero-order valence-corrected chi connectivity index (χ0v) is 10.7. The van der Waals surface area contributed by atoms with E-state index in [0.717, 1.165) is 34.9 Å². The SMILES string of the molecule is CCc1cc(C(=O)O)c2c(c1)c(CCN)cn2C. The molecule has 0 aliphatic rings. The third-order valence-electron chi connectivity index (χ3n) is 3.27. The fourth-order valence-corrected chi connectivity index (χ4v) is 2.41. The highest BCUT2D eigenvalue weighted by molar-refractivity contribution is 6.03. The Morgan fingerprint density at radius 2 is 2.17 bits per heavy atom. The van der Waals surface area contributed by atoms with Crippen molar-refractivity contribution in [2.24, 2.45) is 12.8 Å². The maximum atomic E-state index is 11.4. The van der Waals surface area contributed by atoms with E-state index in [2.05, 4.69) is 6.07 Å². The molecule has 0 saturated heterocycles. The fourth-order valence-electron chi connectivity index (χ4n) is 2.41. The van der Waals surface area contributed by atoms with Crippen LogP contribution in [0.2, 0.25) is 0 Å². The first-order valence-corrected chi connectivity index (χ1v) is 6.12. The highest BCUT2D eigenvalue weighted by Gasteiger charge is 2.15. The van der Waals surface area contributed by atoms with Gasteiger partial charge in [0.15, 0.2) is 0 Å². The highest BCUT2D eigenvalue weighted by atomic mass is 16.4. The van der Waals surface area contributed by atoms with Gasteiger partial charge in [-0.3, -0.25) is 0 Å². The first-order valence-electron chi connectivity index (χ1n) is 6.12. The van der Waals surface area contributed by atoms with Crippen LogP contribution in [0, 0.1) is 0 Å². The molecule has 0 unspecified atom stereocenters. The van der Waals surface area contributed by atoms with Gasteiger partial charge in [0.05, 0.1) is 11.1 Å². The monoisotopic (exact) mass is 246 g/mol. The number of nitrogens with two attached hydrogens (primary N) is 1. The Morgan fingerprint density at radius 3 is 2.72 bits per heavy atom. The Bertz CT molecular complexity index is 599. The first kappa shape index (κ1) is 12.6. The molecule has 0 bridgehead atoms. The summed E-state index contributed by atoms with van der Waals surface area (Å²) < 4.78 is 1.88. The quantitative estimate of drug-likeness (QED) is 0.866. The van der Waals surface area contributed by atoms with Gasteiger partial charge in [0, 0.05) is 18.6 Å². The average Bonchev–Trinajstić information content (AvgIpc) is 2.66. The number of hydrogen-bond donors (Lipinski definition) is 2. The van der Waals surface area contributed by atoms with Gasteiger partial charge in [-0.25, -0.2) is 4.79 Å². The number of carboxylic acids is 1. The molecule has 4 heteroatoms. The molecule has 2 rings (SSSR count). The van der Waals surface area contributed by atoms with Crippen molar-refractivity contribution in [1.82, 2.24) is 4.57 Å². The summed E-state index contributed by atoms with van der Waals surface area (Å²) in [5.74, 6) is -0.879. The van der Waals surface area contributed by atoms with E-state index in [4.69, 9.17) is 5.73 Å². The normalized spacial score (nSPS) is 11.1. The van der Waals surface area contributed by atoms with Crippen LogP contribution in [-0.4, -0.2) is 22.2 Å². The molecule has 3 N–H and O–H groups in total. The second-order valence-electron chi connectivity index (χ2n) is 4.50. The summed E-state index contributed by atoms with van der Waals surface area (Å²) in [6.45, 7) is 2.59. The van der Waals surface area contributed by atoms with Crippen molar-refractivity contribution in [1.29, 1.82) is 0 Å². The highest BCUT2D eigenvalue weighted by Crippen LogP contribution is 2.26. The van der Waals surface area contributed by atoms with Gasteiger partial charge in [-0.2, -0.15) is 0 Å². The van der Waals surface area contributed by atoms with Gasteiger partial charge in [0.2, 0.25) is 0 Å². The van der Waals surface area contributed by atoms with Gasteiger partial charge in [-0.05, 0) is 42.6 Å². The van der Waals surface area contributed by atoms with Crippen molar-refractivity contribution in [2.75, 3.05) is 6.54 Å². The number of aromatic carboxylic acids is 1. The summed E-state index contributed by atoms with van der Waals surface area (Å²) >= 11 is 0. The number of aromatic nitrogens is 1. The Morgan fingerprint density at radius 1 is 1.44 bits per heavy atom. The number of hydrogen-bond acceptors (Lipinski definition) is 2. The summed E-state index contributed by atoms with van der Waals surface area (Å²) in [6.07, 6.45) is 3.57. The lowest BCUT2D eigenvalue weighted by molar-refractivity contribution is 0.0698. The standard InChI is InChI=1S/C14H18N2O2/c1-3-9-6-11-10(4-5-15)8-16(2)13(11)12(7-9)14(17)18/h6-8H,3-5,15H2,1-2H3,(H,17,18). The van der Waals surface area contributed by atoms with Crippen LogP contribution in [-0.2, 0) is 19.9 Å². The molecule has 96 valence electrons. The van der Waals surface area contributed by atoms with Crippen molar-refractivity contribution >= 4 is 16.9 Å². The molecule has 0 fully saturated rings. The lowest BCUT2D eigenvalue weighted by atomic mass is 10.0. The molecule has 4 nitrogen and oxygen atoms in total. The molecular weight excluding hydrogens is 228 g/mol. The number of carbonyl (C=O) groups is 1. The zero-order chi connectivity index (χ0) is 13.3. The molecule has 0 aliphatic carbocycles. The molecule has 18 heavy (non-hydrogen) atoms. The van der Waals surface area contributed by atoms with Crippen LogP contribution in [0.25, 0.3) is 10.9 Å². The number of benzene rings is 1. The van der Waals surface area contributed by atoms with E-state index in [0.29, 0.717) is 12.1 Å². The van der Waals surface area contributed by atoms with E-state index in [1.165, 1.54) is 0 Å². The molecule has 1 aromatic heterocycles. The van der Waals surface area contributed by atoms with Gasteiger partial charge in [0.1, 0.15) is 0 Å². The van der Waals surface area contributed by atoms with Gasteiger partial charge in [-0.15, -0.1) is 0 Å². The summed E-state index contributed by atoms with van der Waals surface area (Å²) in [4.78, 5) is 11.4. The van der Waals surface area contributed by atoms with Crippen LogP contribution in [0.5, 0.6) is 0 Å². The Hall–Kier alpha value is -1.81. The van der Waals surface area contributed by atoms with Crippen molar-refractivity contribution in [3.8, 4) is 0 Å². The number of nitrogens with zero attached hydrogens (tertiary/aromatic N) is 1. The van der Waals surface area contributed by atoms with Gasteiger partial charge in [0.25, 0.3) is 0 Å². The zero-order valence-electron chi connectivity index (χ0n) is 10.7. The number of carboxylic acid groups (broad SMARTS) is 1. The third-order valence-corrected chi connectivity index (χ3v) is 3.27. The number of aryl methyl sites for hydroxylation is 2. The van der Waals surface area contributed by atoms with Crippen molar-refractivity contribution in [3.05, 3.63) is 35.0 Å². The lowest BCUT2D eigenvalue weighted by Crippen LogP contribution is -2.03. The van der Waals surface area contributed by atoms with Crippen LogP contribution < -0.4 is 5.73 Å². The molecule has 0 amide bonds. The molecule has 1 aromatic carbocycles. The molecule has 0 atom stereocenters. The predicted octanol–water partition coefficient (Wildman–Crippen LogP) is 1.94. The molecular formula is C14H18N2O2. The Kier molecular flexibility index (Phi) is 3.39. The largest absolute Gasteiger partial charge is 0.478 e. The smallest absolute Gasteiger partial charge is 0.337 e. The van der Waals surface area contributed by atoms with Crippen molar-refractivity contribution in [3.63, 3.8) is 0 Å². The summed E-state index contributed by atoms with van der Waals surface area (Å²) in [5.41, 5.74) is 8.92. The molecule has 0 spiro atoms. The maximum absolute atomic E-state index is 11.4. The van der Waals surface area contributed by atoms with Gasteiger partial charge in [-0.1, -0.05) is 6.92 Å². The van der Waals surface area contributed by atoms with Gasteiger partial charge >= 0.3 is 5.97 Å². The summed E-state index contributed by atoms with van der Waals surface area (Å²) in [5, 5.41) is 10.3. The summed E-state index contributed by atoms with van der Waals surface area (Å²) in [7, 11) is 1.88. The number of fused-ring (bicyclic) bond motifs is 1. The predicted molar refractivity (Wildman–Crippen MR) is 72.0 cm³/mol. The average molecular weight is 246 g/mol. The summed E-state index contributed by atoms with van der Waals surface area (Å²) in [6, 6.07) is 3.84. The molecule has 0 radical (unpaired) electrons. The second kappa shape index (κ2) is 4.82. The van der Waals surface area contributed by atoms with Crippen LogP contribution in [0.3, 0.4) is 0 Å². The second-order valence-corrected chi connectivity index (χ2v) is 4.50. The minimum absolute atomic E-state index is 0.370. The van der Waals surface area contributed by atoms with E-state index < -0.39 is 5.97 Å². The Balaban J connectivity index is 2.79. The van der Waals surface area contributed by atoms with Crippen molar-refractivity contribution in [2.45, 2.75) is 19.8 Å². The Labute approximate surface area is 106 Å². The lowest BCUT2D eigenvalue weighted by Gasteiger charge is -2.05. The first-order chi connectivity index (χ1) is 8.58. The molecule has 1 heterocycles. The van der Waals surface area contributed by atoms with Gasteiger partial charge < -0.3 is 15.4 Å². The van der Waals surface area contributed by atoms with Crippen LogP contribution in [0.4, 0.5) is 0 Å². The minimum atomic E-state index is -0.879. The van der Waals surface area contributed by atoms with E-state index in [9.17, 15) is 9.90 Å². The van der Waals surface area contributed by atoms with Crippen molar-refractivity contribution < 1.29 is 9.90 Å². The topological polar surface area (TPSA) is 68.2 Å². The number of rotatable bonds is 4. The van der Waals surface area contributed by atoms with E-state index >= 15 is 0 Å². The fraction of sp³-hybridized carbons (Fsp3) is 0.357. The maximum Gasteiger partial charge on any atom is 0.337 e.